The second-order valence-electron chi connectivity index (χ2n) is 0.460. The molecule has 0 aromatic carbocycles. The maximum Gasteiger partial charge on any atom is -0.0182 e. The van der Waals surface area contributed by atoms with E-state index in [0.717, 1.165) is 0 Å². The SMILES string of the molecule is C=CC#CS. The Hall–Kier alpha value is -0.350. The summed E-state index contributed by atoms with van der Waals surface area (Å²) in [6.45, 7) is 3.33. The number of hydrogen-bond donors (Lipinski definition) is 1. The molecule has 0 aliphatic carbocycles. The number of allylic oxidation sites excluding steroid dienone is 1. The average Bonchev–Trinajstić information content (AvgIpc) is 1.41. The van der Waals surface area contributed by atoms with Gasteiger partial charge in [-0.05, 0) is 11.3 Å². The van der Waals surface area contributed by atoms with Gasteiger partial charge in [-0.1, -0.05) is 25.1 Å². The minimum Gasteiger partial charge on any atom is -0.0918 e. The van der Waals surface area contributed by atoms with Crippen molar-refractivity contribution in [2.75, 3.05) is 0 Å². The lowest BCUT2D eigenvalue weighted by molar-refractivity contribution is 2.33. The van der Waals surface area contributed by atoms with Gasteiger partial charge in [-0.2, -0.15) is 0 Å². The van der Waals surface area contributed by atoms with Crippen LogP contribution in [0.3, 0.4) is 0 Å². The molecular weight excluding hydrogens is 80.1 g/mol. The summed E-state index contributed by atoms with van der Waals surface area (Å²) in [7, 11) is 0. The Bertz CT molecular complexity index is 73.4. The fraction of sp³-hybridized carbons (Fsp3) is 0. The molecule has 0 saturated heterocycles. The Morgan fingerprint density at radius 3 is 2.40 bits per heavy atom. The van der Waals surface area contributed by atoms with Crippen molar-refractivity contribution in [3.05, 3.63) is 12.7 Å². The van der Waals surface area contributed by atoms with Crippen LogP contribution in [-0.4, -0.2) is 0 Å². The van der Waals surface area contributed by atoms with Crippen LogP contribution in [0.25, 0.3) is 0 Å². The molecular formula is C4H4S. The standard InChI is InChI=1S/C4H4S/c1-2-3-4-5/h2,5H,1H2. The fourth-order valence-electron chi connectivity index (χ4n) is 0.0456. The van der Waals surface area contributed by atoms with E-state index in [-0.39, 0.29) is 0 Å². The molecule has 0 bridgehead atoms. The highest BCUT2D eigenvalue weighted by molar-refractivity contribution is 7.85. The Balaban J connectivity index is 3.16. The lowest BCUT2D eigenvalue weighted by Crippen LogP contribution is -1.31. The number of hydrogen-bond acceptors (Lipinski definition) is 1. The minimum atomic E-state index is 1.49. The van der Waals surface area contributed by atoms with E-state index in [4.69, 9.17) is 0 Å². The average molecular weight is 84.1 g/mol. The molecule has 0 aromatic rings. The monoisotopic (exact) mass is 84.0 g/mol. The molecule has 26 valence electrons. The van der Waals surface area contributed by atoms with E-state index in [1.807, 2.05) is 0 Å². The van der Waals surface area contributed by atoms with Gasteiger partial charge in [0.25, 0.3) is 0 Å². The minimum absolute atomic E-state index is 1.49. The predicted octanol–water partition coefficient (Wildman–Crippen LogP) is 1.06. The third kappa shape index (κ3) is 3.65. The van der Waals surface area contributed by atoms with Gasteiger partial charge >= 0.3 is 0 Å². The smallest absolute Gasteiger partial charge is 0.0182 e. The lowest BCUT2D eigenvalue weighted by atomic mass is 10.7. The summed E-state index contributed by atoms with van der Waals surface area (Å²) in [4.78, 5) is 0. The van der Waals surface area contributed by atoms with Gasteiger partial charge in [0.2, 0.25) is 0 Å². The Labute approximate surface area is 37.3 Å². The zero-order valence-electron chi connectivity index (χ0n) is 2.73. The molecule has 1 heteroatoms. The van der Waals surface area contributed by atoms with E-state index >= 15 is 0 Å². The molecule has 0 N–H and O–H groups in total. The van der Waals surface area contributed by atoms with Crippen molar-refractivity contribution in [1.82, 2.24) is 0 Å². The van der Waals surface area contributed by atoms with Gasteiger partial charge in [-0.3, -0.25) is 0 Å². The molecule has 0 unspecified atom stereocenters. The second-order valence-corrected chi connectivity index (χ2v) is 0.684. The highest BCUT2D eigenvalue weighted by Gasteiger charge is 1.37. The van der Waals surface area contributed by atoms with Crippen molar-refractivity contribution < 1.29 is 0 Å². The van der Waals surface area contributed by atoms with Crippen molar-refractivity contribution >= 4 is 12.6 Å². The van der Waals surface area contributed by atoms with Crippen molar-refractivity contribution in [2.24, 2.45) is 0 Å². The zero-order chi connectivity index (χ0) is 4.12. The molecule has 0 radical (unpaired) electrons. The predicted molar refractivity (Wildman–Crippen MR) is 27.0 cm³/mol. The molecule has 0 atom stereocenters. The molecule has 0 spiro atoms. The van der Waals surface area contributed by atoms with Crippen molar-refractivity contribution in [2.45, 2.75) is 0 Å². The van der Waals surface area contributed by atoms with Crippen LogP contribution in [0.15, 0.2) is 12.7 Å². The van der Waals surface area contributed by atoms with Crippen LogP contribution in [0.2, 0.25) is 0 Å². The van der Waals surface area contributed by atoms with Crippen LogP contribution in [-0.2, 0) is 0 Å². The first-order chi connectivity index (χ1) is 2.41. The van der Waals surface area contributed by atoms with E-state index in [1.54, 1.807) is 0 Å². The number of thiol groups is 1. The first-order valence-electron chi connectivity index (χ1n) is 1.17. The molecule has 0 aromatic heterocycles. The van der Waals surface area contributed by atoms with E-state index in [2.05, 4.69) is 30.4 Å². The highest BCUT2D eigenvalue weighted by atomic mass is 32.1. The van der Waals surface area contributed by atoms with Gasteiger partial charge in [0, 0.05) is 0 Å². The molecule has 0 heterocycles. The van der Waals surface area contributed by atoms with Crippen LogP contribution in [0.4, 0.5) is 0 Å². The summed E-state index contributed by atoms with van der Waals surface area (Å²) >= 11 is 3.57. The van der Waals surface area contributed by atoms with Crippen LogP contribution >= 0.6 is 12.6 Å². The summed E-state index contributed by atoms with van der Waals surface area (Å²) in [5, 5.41) is 2.34. The van der Waals surface area contributed by atoms with Gasteiger partial charge in [-0.15, -0.1) is 0 Å². The largest absolute Gasteiger partial charge is 0.0918 e. The quantitative estimate of drug-likeness (QED) is 0.329. The summed E-state index contributed by atoms with van der Waals surface area (Å²) in [5.41, 5.74) is 0. The van der Waals surface area contributed by atoms with Crippen molar-refractivity contribution in [3.63, 3.8) is 0 Å². The van der Waals surface area contributed by atoms with Gasteiger partial charge in [-0.25, -0.2) is 0 Å². The molecule has 0 rings (SSSR count). The maximum absolute atomic E-state index is 3.57. The summed E-state index contributed by atoms with van der Waals surface area (Å²) < 4.78 is 0. The topological polar surface area (TPSA) is 0 Å². The third-order valence-electron chi connectivity index (χ3n) is 0.167. The van der Waals surface area contributed by atoms with E-state index in [1.165, 1.54) is 6.08 Å². The van der Waals surface area contributed by atoms with Gasteiger partial charge in [0.15, 0.2) is 0 Å². The third-order valence-corrected chi connectivity index (χ3v) is 0.296. The second kappa shape index (κ2) is 3.65. The molecule has 0 amide bonds. The Morgan fingerprint density at radius 1 is 1.80 bits per heavy atom. The Kier molecular flexibility index (Phi) is 3.39. The first-order valence-corrected chi connectivity index (χ1v) is 1.62. The van der Waals surface area contributed by atoms with Crippen LogP contribution in [0, 0.1) is 11.2 Å². The van der Waals surface area contributed by atoms with Crippen LogP contribution < -0.4 is 0 Å². The molecule has 5 heavy (non-hydrogen) atoms. The zero-order valence-corrected chi connectivity index (χ0v) is 3.63. The van der Waals surface area contributed by atoms with Gasteiger partial charge < -0.3 is 0 Å². The Morgan fingerprint density at radius 2 is 2.40 bits per heavy atom. The lowest BCUT2D eigenvalue weighted by Gasteiger charge is -1.46. The summed E-state index contributed by atoms with van der Waals surface area (Å²) in [5.74, 6) is 2.49. The molecule has 0 fully saturated rings. The molecule has 0 aliphatic heterocycles. The van der Waals surface area contributed by atoms with Crippen molar-refractivity contribution in [3.8, 4) is 11.2 Å². The van der Waals surface area contributed by atoms with Crippen LogP contribution in [0.5, 0.6) is 0 Å². The normalized spacial score (nSPS) is 4.20. The van der Waals surface area contributed by atoms with Crippen LogP contribution in [0.1, 0.15) is 0 Å². The molecule has 0 aliphatic rings. The van der Waals surface area contributed by atoms with Gasteiger partial charge in [0.05, 0.1) is 0 Å². The van der Waals surface area contributed by atoms with Gasteiger partial charge in [0.1, 0.15) is 0 Å². The summed E-state index contributed by atoms with van der Waals surface area (Å²) in [6, 6.07) is 0. The highest BCUT2D eigenvalue weighted by Crippen LogP contribution is 1.58. The van der Waals surface area contributed by atoms with E-state index < -0.39 is 0 Å². The van der Waals surface area contributed by atoms with Crippen molar-refractivity contribution in [1.29, 1.82) is 0 Å². The fourth-order valence-corrected chi connectivity index (χ4v) is 0.137. The number of rotatable bonds is 0. The maximum atomic E-state index is 3.57. The molecule has 0 saturated carbocycles. The molecule has 0 nitrogen and oxygen atoms in total. The summed E-state index contributed by atoms with van der Waals surface area (Å²) in [6.07, 6.45) is 1.49. The van der Waals surface area contributed by atoms with E-state index in [0.29, 0.717) is 0 Å². The van der Waals surface area contributed by atoms with E-state index in [9.17, 15) is 0 Å². The first kappa shape index (κ1) is 4.65.